The molecule has 9 heteroatoms. The van der Waals surface area contributed by atoms with Gasteiger partial charge in [-0.2, -0.15) is 0 Å². The molecule has 0 saturated carbocycles. The van der Waals surface area contributed by atoms with Crippen LogP contribution in [-0.2, 0) is 14.8 Å². The Labute approximate surface area is 170 Å². The van der Waals surface area contributed by atoms with Gasteiger partial charge in [-0.15, -0.1) is 0 Å². The summed E-state index contributed by atoms with van der Waals surface area (Å²) in [5.41, 5.74) is 8.62. The van der Waals surface area contributed by atoms with Gasteiger partial charge in [0, 0.05) is 35.6 Å². The Bertz CT molecular complexity index is 1050. The van der Waals surface area contributed by atoms with Crippen LogP contribution in [0.4, 0.5) is 17.1 Å². The Hall–Kier alpha value is -3.07. The van der Waals surface area contributed by atoms with Crippen LogP contribution in [-0.4, -0.2) is 32.5 Å². The zero-order chi connectivity index (χ0) is 21.3. The number of nitrogens with zero attached hydrogens (tertiary/aromatic N) is 1. The summed E-state index contributed by atoms with van der Waals surface area (Å²) in [7, 11) is -3.34. The SMILES string of the molecule is CC(=O)N1c2ccc(C(N)=O)cc2[C@H](Nc2ccc(NS(C)(=O)=O)cc2)C[C@@H]1C. The first-order valence-corrected chi connectivity index (χ1v) is 11.0. The first-order chi connectivity index (χ1) is 13.5. The van der Waals surface area contributed by atoms with E-state index in [2.05, 4.69) is 10.0 Å². The van der Waals surface area contributed by atoms with E-state index in [-0.39, 0.29) is 18.0 Å². The summed E-state index contributed by atoms with van der Waals surface area (Å²) in [5, 5.41) is 3.42. The standard InChI is InChI=1S/C20H24N4O4S/c1-12-10-18(22-15-5-7-16(8-6-15)23-29(3,27)28)17-11-14(20(21)26)4-9-19(17)24(12)13(2)25/h4-9,11-12,18,22-23H,10H2,1-3H3,(H2,21,26)/t12-,18+/m0/s1. The van der Waals surface area contributed by atoms with Gasteiger partial charge in [0.2, 0.25) is 21.8 Å². The van der Waals surface area contributed by atoms with Gasteiger partial charge in [-0.25, -0.2) is 8.42 Å². The van der Waals surface area contributed by atoms with Crippen LogP contribution in [0.15, 0.2) is 42.5 Å². The number of benzene rings is 2. The second kappa shape index (κ2) is 7.75. The van der Waals surface area contributed by atoms with Crippen LogP contribution < -0.4 is 20.7 Å². The van der Waals surface area contributed by atoms with Gasteiger partial charge in [-0.1, -0.05) is 0 Å². The van der Waals surface area contributed by atoms with Gasteiger partial charge >= 0.3 is 0 Å². The molecule has 1 aliphatic heterocycles. The summed E-state index contributed by atoms with van der Waals surface area (Å²) in [6, 6.07) is 11.8. The number of amides is 2. The van der Waals surface area contributed by atoms with E-state index in [0.29, 0.717) is 17.7 Å². The summed E-state index contributed by atoms with van der Waals surface area (Å²) in [5.74, 6) is -0.601. The maximum Gasteiger partial charge on any atom is 0.248 e. The van der Waals surface area contributed by atoms with Crippen molar-refractivity contribution in [2.45, 2.75) is 32.4 Å². The van der Waals surface area contributed by atoms with E-state index in [1.165, 1.54) is 6.92 Å². The molecule has 154 valence electrons. The molecule has 0 fully saturated rings. The van der Waals surface area contributed by atoms with Gasteiger partial charge in [0.25, 0.3) is 0 Å². The third-order valence-electron chi connectivity index (χ3n) is 4.83. The fourth-order valence-electron chi connectivity index (χ4n) is 3.68. The summed E-state index contributed by atoms with van der Waals surface area (Å²) < 4.78 is 25.1. The van der Waals surface area contributed by atoms with Gasteiger partial charge in [0.15, 0.2) is 0 Å². The molecule has 2 aromatic carbocycles. The van der Waals surface area contributed by atoms with Crippen molar-refractivity contribution in [3.63, 3.8) is 0 Å². The topological polar surface area (TPSA) is 122 Å². The number of fused-ring (bicyclic) bond motifs is 1. The zero-order valence-electron chi connectivity index (χ0n) is 16.5. The first kappa shape index (κ1) is 20.7. The number of nitrogens with one attached hydrogen (secondary N) is 2. The van der Waals surface area contributed by atoms with Crippen LogP contribution in [0.5, 0.6) is 0 Å². The second-order valence-electron chi connectivity index (χ2n) is 7.26. The Morgan fingerprint density at radius 1 is 1.10 bits per heavy atom. The Balaban J connectivity index is 1.93. The molecule has 0 aliphatic carbocycles. The van der Waals surface area contributed by atoms with Crippen LogP contribution in [0.2, 0.25) is 0 Å². The number of carbonyl (C=O) groups is 2. The Morgan fingerprint density at radius 2 is 1.72 bits per heavy atom. The molecule has 0 spiro atoms. The number of carbonyl (C=O) groups excluding carboxylic acids is 2. The highest BCUT2D eigenvalue weighted by Crippen LogP contribution is 2.39. The molecule has 2 aromatic rings. The summed E-state index contributed by atoms with van der Waals surface area (Å²) in [6.45, 7) is 3.49. The number of rotatable bonds is 5. The number of hydrogen-bond donors (Lipinski definition) is 3. The third kappa shape index (κ3) is 4.68. The molecule has 3 rings (SSSR count). The van der Waals surface area contributed by atoms with Gasteiger partial charge in [-0.3, -0.25) is 14.3 Å². The van der Waals surface area contributed by atoms with Gasteiger partial charge in [-0.05, 0) is 61.4 Å². The molecule has 0 aromatic heterocycles. The third-order valence-corrected chi connectivity index (χ3v) is 5.44. The number of sulfonamides is 1. The highest BCUT2D eigenvalue weighted by Gasteiger charge is 2.32. The summed E-state index contributed by atoms with van der Waals surface area (Å²) >= 11 is 0. The fraction of sp³-hybridized carbons (Fsp3) is 0.300. The molecule has 0 bridgehead atoms. The fourth-order valence-corrected chi connectivity index (χ4v) is 4.25. The van der Waals surface area contributed by atoms with E-state index < -0.39 is 15.9 Å². The van der Waals surface area contributed by atoms with Crippen molar-refractivity contribution in [2.75, 3.05) is 21.2 Å². The Morgan fingerprint density at radius 3 is 2.28 bits per heavy atom. The molecule has 4 N–H and O–H groups in total. The van der Waals surface area contributed by atoms with Crippen molar-refractivity contribution in [1.29, 1.82) is 0 Å². The number of primary amides is 1. The van der Waals surface area contributed by atoms with Crippen molar-refractivity contribution < 1.29 is 18.0 Å². The van der Waals surface area contributed by atoms with Crippen LogP contribution >= 0.6 is 0 Å². The number of anilines is 3. The monoisotopic (exact) mass is 416 g/mol. The minimum Gasteiger partial charge on any atom is -0.378 e. The molecule has 1 aliphatic rings. The molecule has 0 saturated heterocycles. The van der Waals surface area contributed by atoms with Crippen molar-refractivity contribution in [3.8, 4) is 0 Å². The summed E-state index contributed by atoms with van der Waals surface area (Å²) in [4.78, 5) is 25.5. The van der Waals surface area contributed by atoms with Crippen molar-refractivity contribution in [3.05, 3.63) is 53.6 Å². The average Bonchev–Trinajstić information content (AvgIpc) is 2.61. The number of nitrogens with two attached hydrogens (primary N) is 1. The van der Waals surface area contributed by atoms with Crippen molar-refractivity contribution in [1.82, 2.24) is 0 Å². The van der Waals surface area contributed by atoms with E-state index in [0.717, 1.165) is 23.2 Å². The normalized spacial score (nSPS) is 18.7. The van der Waals surface area contributed by atoms with Gasteiger partial charge in [0.1, 0.15) is 0 Å². The first-order valence-electron chi connectivity index (χ1n) is 9.13. The molecule has 2 atom stereocenters. The lowest BCUT2D eigenvalue weighted by molar-refractivity contribution is -0.117. The van der Waals surface area contributed by atoms with Gasteiger partial charge < -0.3 is 16.0 Å². The van der Waals surface area contributed by atoms with Crippen LogP contribution in [0.1, 0.15) is 42.2 Å². The molecule has 0 unspecified atom stereocenters. The Kier molecular flexibility index (Phi) is 5.52. The average molecular weight is 417 g/mol. The minimum absolute atomic E-state index is 0.0388. The molecule has 0 radical (unpaired) electrons. The lowest BCUT2D eigenvalue weighted by Crippen LogP contribution is -2.43. The van der Waals surface area contributed by atoms with Crippen molar-refractivity contribution >= 4 is 38.9 Å². The van der Waals surface area contributed by atoms with E-state index in [1.54, 1.807) is 47.4 Å². The highest BCUT2D eigenvalue weighted by molar-refractivity contribution is 7.92. The van der Waals surface area contributed by atoms with Crippen molar-refractivity contribution in [2.24, 2.45) is 5.73 Å². The molecular weight excluding hydrogens is 392 g/mol. The highest BCUT2D eigenvalue weighted by atomic mass is 32.2. The lowest BCUT2D eigenvalue weighted by atomic mass is 9.90. The second-order valence-corrected chi connectivity index (χ2v) is 9.01. The maximum absolute atomic E-state index is 12.2. The molecular formula is C20H24N4O4S. The van der Waals surface area contributed by atoms with E-state index in [9.17, 15) is 18.0 Å². The van der Waals surface area contributed by atoms with E-state index >= 15 is 0 Å². The lowest BCUT2D eigenvalue weighted by Gasteiger charge is -2.39. The maximum atomic E-state index is 12.2. The zero-order valence-corrected chi connectivity index (χ0v) is 17.3. The van der Waals surface area contributed by atoms with Crippen LogP contribution in [0, 0.1) is 0 Å². The van der Waals surface area contributed by atoms with Crippen LogP contribution in [0.3, 0.4) is 0 Å². The predicted octanol–water partition coefficient (Wildman–Crippen LogP) is 2.46. The van der Waals surface area contributed by atoms with Crippen LogP contribution in [0.25, 0.3) is 0 Å². The van der Waals surface area contributed by atoms with E-state index in [1.807, 2.05) is 6.92 Å². The van der Waals surface area contributed by atoms with E-state index in [4.69, 9.17) is 5.73 Å². The number of hydrogen-bond acceptors (Lipinski definition) is 5. The molecule has 29 heavy (non-hydrogen) atoms. The predicted molar refractivity (Wildman–Crippen MR) is 113 cm³/mol. The quantitative estimate of drug-likeness (QED) is 0.691. The molecule has 8 nitrogen and oxygen atoms in total. The van der Waals surface area contributed by atoms with Gasteiger partial charge in [0.05, 0.1) is 12.3 Å². The molecule has 2 amide bonds. The minimum atomic E-state index is -3.34. The molecule has 1 heterocycles. The smallest absolute Gasteiger partial charge is 0.248 e. The largest absolute Gasteiger partial charge is 0.378 e. The summed E-state index contributed by atoms with van der Waals surface area (Å²) in [6.07, 6.45) is 1.73.